The molecule has 1 unspecified atom stereocenters. The molecule has 0 aromatic carbocycles. The van der Waals surface area contributed by atoms with Crippen LogP contribution in [-0.4, -0.2) is 17.0 Å². The molecule has 74 valence electrons. The van der Waals surface area contributed by atoms with Gasteiger partial charge in [0.25, 0.3) is 0 Å². The van der Waals surface area contributed by atoms with Gasteiger partial charge in [0, 0.05) is 30.4 Å². The third-order valence-electron chi connectivity index (χ3n) is 2.15. The highest BCUT2D eigenvalue weighted by molar-refractivity contribution is 5.08. The molecule has 0 spiro atoms. The maximum atomic E-state index is 5.20. The van der Waals surface area contributed by atoms with Gasteiger partial charge in [-0.15, -0.1) is 12.3 Å². The van der Waals surface area contributed by atoms with Crippen LogP contribution >= 0.6 is 0 Å². The third-order valence-corrected chi connectivity index (χ3v) is 2.15. The quantitative estimate of drug-likeness (QED) is 0.564. The number of nitrogens with zero attached hydrogens (tertiary/aromatic N) is 2. The monoisotopic (exact) mass is 189 g/mol. The number of rotatable bonds is 5. The largest absolute Gasteiger partial charge is 0.313 e. The van der Waals surface area contributed by atoms with Crippen molar-refractivity contribution < 1.29 is 0 Å². The molecule has 0 saturated carbocycles. The van der Waals surface area contributed by atoms with Crippen LogP contribution in [0.1, 0.15) is 30.9 Å². The minimum absolute atomic E-state index is 0.310. The Balaban J connectivity index is 2.51. The highest BCUT2D eigenvalue weighted by Gasteiger charge is 2.08. The average Bonchev–Trinajstić information content (AvgIpc) is 2.26. The van der Waals surface area contributed by atoms with Crippen molar-refractivity contribution in [1.29, 1.82) is 0 Å². The summed E-state index contributed by atoms with van der Waals surface area (Å²) in [5.74, 6) is 2.64. The summed E-state index contributed by atoms with van der Waals surface area (Å²) < 4.78 is 0. The maximum Gasteiger partial charge on any atom is 0.115 e. The molecule has 1 heterocycles. The van der Waals surface area contributed by atoms with E-state index in [0.717, 1.165) is 24.8 Å². The summed E-state index contributed by atoms with van der Waals surface area (Å²) in [5, 5.41) is 3.23. The highest BCUT2D eigenvalue weighted by Crippen LogP contribution is 2.16. The Kier molecular flexibility index (Phi) is 4.66. The Bertz CT molecular complexity index is 289. The minimum atomic E-state index is 0.310. The summed E-state index contributed by atoms with van der Waals surface area (Å²) in [6, 6.07) is 0.310. The van der Waals surface area contributed by atoms with Crippen molar-refractivity contribution in [2.24, 2.45) is 0 Å². The first-order chi connectivity index (χ1) is 6.88. The second kappa shape index (κ2) is 6.11. The van der Waals surface area contributed by atoms with Crippen LogP contribution in [-0.2, 0) is 0 Å². The van der Waals surface area contributed by atoms with Gasteiger partial charge in [-0.3, -0.25) is 0 Å². The molecule has 1 aromatic heterocycles. The second-order valence-electron chi connectivity index (χ2n) is 3.11. The Labute approximate surface area is 85.0 Å². The van der Waals surface area contributed by atoms with Crippen molar-refractivity contribution in [1.82, 2.24) is 15.3 Å². The molecule has 0 aliphatic heterocycles. The number of nitrogens with one attached hydrogen (secondary N) is 1. The van der Waals surface area contributed by atoms with E-state index in [1.165, 1.54) is 6.33 Å². The van der Waals surface area contributed by atoms with Crippen LogP contribution in [0.5, 0.6) is 0 Å². The number of hydrogen-bond acceptors (Lipinski definition) is 3. The van der Waals surface area contributed by atoms with Gasteiger partial charge in [0.05, 0.1) is 0 Å². The van der Waals surface area contributed by atoms with Crippen LogP contribution in [0.15, 0.2) is 18.7 Å². The molecule has 0 bridgehead atoms. The zero-order valence-electron chi connectivity index (χ0n) is 8.40. The molecule has 1 rings (SSSR count). The first-order valence-corrected chi connectivity index (χ1v) is 4.74. The van der Waals surface area contributed by atoms with Gasteiger partial charge < -0.3 is 5.32 Å². The van der Waals surface area contributed by atoms with Crippen molar-refractivity contribution in [3.63, 3.8) is 0 Å². The van der Waals surface area contributed by atoms with E-state index < -0.39 is 0 Å². The molecule has 0 radical (unpaired) electrons. The lowest BCUT2D eigenvalue weighted by atomic mass is 10.0. The summed E-state index contributed by atoms with van der Waals surface area (Å²) >= 11 is 0. The molecular weight excluding hydrogens is 174 g/mol. The summed E-state index contributed by atoms with van der Waals surface area (Å²) in [5.41, 5.74) is 1.12. The van der Waals surface area contributed by atoms with Gasteiger partial charge in [-0.05, 0) is 19.9 Å². The van der Waals surface area contributed by atoms with Crippen LogP contribution in [0, 0.1) is 12.3 Å². The normalized spacial score (nSPS) is 12.0. The van der Waals surface area contributed by atoms with Gasteiger partial charge in [0.15, 0.2) is 0 Å². The maximum absolute atomic E-state index is 5.20. The lowest BCUT2D eigenvalue weighted by Crippen LogP contribution is -2.16. The summed E-state index contributed by atoms with van der Waals surface area (Å²) in [6.07, 6.45) is 13.3. The highest BCUT2D eigenvalue weighted by atomic mass is 14.9. The molecule has 0 fully saturated rings. The topological polar surface area (TPSA) is 37.8 Å². The van der Waals surface area contributed by atoms with Gasteiger partial charge in [0.2, 0.25) is 0 Å². The molecule has 1 atom stereocenters. The number of unbranched alkanes of at least 4 members (excludes halogenated alkanes) is 1. The fraction of sp³-hybridized carbons (Fsp3) is 0.455. The van der Waals surface area contributed by atoms with E-state index in [-0.39, 0.29) is 0 Å². The molecule has 14 heavy (non-hydrogen) atoms. The van der Waals surface area contributed by atoms with Gasteiger partial charge >= 0.3 is 0 Å². The van der Waals surface area contributed by atoms with Gasteiger partial charge in [-0.2, -0.15) is 0 Å². The standard InChI is InChI=1S/C11H15N3/c1-3-4-5-6-11(12-2)10-7-13-9-14-8-10/h1,7-9,11-12H,4-6H2,2H3. The van der Waals surface area contributed by atoms with Crippen LogP contribution in [0.3, 0.4) is 0 Å². The molecular formula is C11H15N3. The van der Waals surface area contributed by atoms with Crippen molar-refractivity contribution in [3.8, 4) is 12.3 Å². The predicted molar refractivity (Wildman–Crippen MR) is 56.5 cm³/mol. The van der Waals surface area contributed by atoms with E-state index in [0.29, 0.717) is 6.04 Å². The molecule has 3 nitrogen and oxygen atoms in total. The Morgan fingerprint density at radius 1 is 1.50 bits per heavy atom. The summed E-state index contributed by atoms with van der Waals surface area (Å²) in [4.78, 5) is 7.98. The van der Waals surface area contributed by atoms with Gasteiger partial charge in [-0.25, -0.2) is 9.97 Å². The summed E-state index contributed by atoms with van der Waals surface area (Å²) in [6.45, 7) is 0. The molecule has 1 N–H and O–H groups in total. The van der Waals surface area contributed by atoms with Crippen LogP contribution in [0.4, 0.5) is 0 Å². The average molecular weight is 189 g/mol. The van der Waals surface area contributed by atoms with Crippen LogP contribution < -0.4 is 5.32 Å². The zero-order chi connectivity index (χ0) is 10.2. The van der Waals surface area contributed by atoms with Crippen molar-refractivity contribution in [2.75, 3.05) is 7.05 Å². The summed E-state index contributed by atoms with van der Waals surface area (Å²) in [7, 11) is 1.94. The van der Waals surface area contributed by atoms with Gasteiger partial charge in [0.1, 0.15) is 6.33 Å². The fourth-order valence-corrected chi connectivity index (χ4v) is 1.38. The van der Waals surface area contributed by atoms with Crippen LogP contribution in [0.25, 0.3) is 0 Å². The fourth-order valence-electron chi connectivity index (χ4n) is 1.38. The van der Waals surface area contributed by atoms with E-state index >= 15 is 0 Å². The second-order valence-corrected chi connectivity index (χ2v) is 3.11. The molecule has 0 saturated heterocycles. The van der Waals surface area contributed by atoms with Crippen molar-refractivity contribution in [3.05, 3.63) is 24.3 Å². The minimum Gasteiger partial charge on any atom is -0.313 e. The molecule has 3 heteroatoms. The van der Waals surface area contributed by atoms with Crippen LogP contribution in [0.2, 0.25) is 0 Å². The predicted octanol–water partition coefficient (Wildman–Crippen LogP) is 1.54. The number of hydrogen-bond donors (Lipinski definition) is 1. The molecule has 1 aromatic rings. The Morgan fingerprint density at radius 2 is 2.21 bits per heavy atom. The number of terminal acetylenes is 1. The smallest absolute Gasteiger partial charge is 0.115 e. The van der Waals surface area contributed by atoms with E-state index in [1.54, 1.807) is 0 Å². The lowest BCUT2D eigenvalue weighted by molar-refractivity contribution is 0.529. The van der Waals surface area contributed by atoms with Crippen molar-refractivity contribution in [2.45, 2.75) is 25.3 Å². The van der Waals surface area contributed by atoms with E-state index in [9.17, 15) is 0 Å². The number of aromatic nitrogens is 2. The Hall–Kier alpha value is -1.40. The Morgan fingerprint density at radius 3 is 2.79 bits per heavy atom. The van der Waals surface area contributed by atoms with E-state index in [1.807, 2.05) is 19.4 Å². The van der Waals surface area contributed by atoms with E-state index in [4.69, 9.17) is 6.42 Å². The molecule has 0 amide bonds. The molecule has 0 aliphatic carbocycles. The van der Waals surface area contributed by atoms with Gasteiger partial charge in [-0.1, -0.05) is 0 Å². The van der Waals surface area contributed by atoms with E-state index in [2.05, 4.69) is 21.2 Å². The SMILES string of the molecule is C#CCCCC(NC)c1cncnc1. The zero-order valence-corrected chi connectivity index (χ0v) is 8.40. The third kappa shape index (κ3) is 3.15. The molecule has 0 aliphatic rings. The lowest BCUT2D eigenvalue weighted by Gasteiger charge is -2.14. The van der Waals surface area contributed by atoms with Crippen molar-refractivity contribution >= 4 is 0 Å². The first-order valence-electron chi connectivity index (χ1n) is 4.74. The first kappa shape index (κ1) is 10.7.